The van der Waals surface area contributed by atoms with Crippen molar-refractivity contribution in [2.45, 2.75) is 38.5 Å². The van der Waals surface area contributed by atoms with E-state index < -0.39 is 0 Å². The average Bonchev–Trinajstić information content (AvgIpc) is 3.18. The van der Waals surface area contributed by atoms with Crippen molar-refractivity contribution < 1.29 is 4.79 Å². The third kappa shape index (κ3) is 4.61. The molecule has 0 radical (unpaired) electrons. The van der Waals surface area contributed by atoms with E-state index >= 15 is 0 Å². The first-order valence-electron chi connectivity index (χ1n) is 9.80. The van der Waals surface area contributed by atoms with Gasteiger partial charge in [-0.2, -0.15) is 4.37 Å². The first-order chi connectivity index (χ1) is 13.2. The van der Waals surface area contributed by atoms with Gasteiger partial charge in [0.1, 0.15) is 5.82 Å². The van der Waals surface area contributed by atoms with E-state index in [1.54, 1.807) is 0 Å². The molecule has 2 aliphatic rings. The van der Waals surface area contributed by atoms with Gasteiger partial charge in [-0.25, -0.2) is 4.98 Å². The molecule has 1 saturated heterocycles. The molecule has 1 amide bonds. The van der Waals surface area contributed by atoms with Crippen LogP contribution in [0, 0.1) is 5.92 Å². The van der Waals surface area contributed by atoms with Crippen LogP contribution < -0.4 is 4.90 Å². The standard InChI is InChI=1S/C20H25ClN4OS/c21-17-8-6-15(7-9-17)14-18-22-20(27-23-18)25-12-10-24(11-13-25)19(26)16-4-2-1-3-5-16/h6-9,16H,1-5,10-14H2. The quantitative estimate of drug-likeness (QED) is 0.772. The molecule has 27 heavy (non-hydrogen) atoms. The Kier molecular flexibility index (Phi) is 5.93. The Balaban J connectivity index is 1.31. The molecule has 1 aromatic heterocycles. The SMILES string of the molecule is O=C(C1CCCCC1)N1CCN(c2nc(Cc3ccc(Cl)cc3)ns2)CC1. The van der Waals surface area contributed by atoms with Crippen molar-refractivity contribution in [1.29, 1.82) is 0 Å². The number of nitrogens with zero attached hydrogens (tertiary/aromatic N) is 4. The Hall–Kier alpha value is -1.66. The van der Waals surface area contributed by atoms with Gasteiger partial charge in [0.25, 0.3) is 0 Å². The van der Waals surface area contributed by atoms with Crippen molar-refractivity contribution in [3.8, 4) is 0 Å². The predicted molar refractivity (Wildman–Crippen MR) is 110 cm³/mol. The van der Waals surface area contributed by atoms with Crippen LogP contribution in [0.1, 0.15) is 43.5 Å². The fourth-order valence-electron chi connectivity index (χ4n) is 3.96. The van der Waals surface area contributed by atoms with E-state index in [0.717, 1.165) is 60.6 Å². The Labute approximate surface area is 169 Å². The lowest BCUT2D eigenvalue weighted by atomic mass is 9.88. The van der Waals surface area contributed by atoms with E-state index in [9.17, 15) is 4.79 Å². The Bertz CT molecular complexity index is 765. The van der Waals surface area contributed by atoms with Gasteiger partial charge in [-0.05, 0) is 30.5 Å². The van der Waals surface area contributed by atoms with Gasteiger partial charge in [0.15, 0.2) is 0 Å². The van der Waals surface area contributed by atoms with Gasteiger partial charge in [0.2, 0.25) is 11.0 Å². The highest BCUT2D eigenvalue weighted by molar-refractivity contribution is 7.09. The highest BCUT2D eigenvalue weighted by Crippen LogP contribution is 2.27. The molecule has 2 fully saturated rings. The first-order valence-corrected chi connectivity index (χ1v) is 10.9. The molecule has 0 unspecified atom stereocenters. The normalized spacial score (nSPS) is 18.7. The Morgan fingerprint density at radius 3 is 2.48 bits per heavy atom. The van der Waals surface area contributed by atoms with Crippen molar-refractivity contribution in [2.75, 3.05) is 31.1 Å². The molecule has 0 spiro atoms. The highest BCUT2D eigenvalue weighted by atomic mass is 35.5. The average molecular weight is 405 g/mol. The molecule has 1 saturated carbocycles. The number of aromatic nitrogens is 2. The van der Waals surface area contributed by atoms with Gasteiger partial charge in [0.05, 0.1) is 0 Å². The molecule has 1 aromatic carbocycles. The number of hydrogen-bond acceptors (Lipinski definition) is 5. The van der Waals surface area contributed by atoms with Gasteiger partial charge < -0.3 is 9.80 Å². The number of hydrogen-bond donors (Lipinski definition) is 0. The summed E-state index contributed by atoms with van der Waals surface area (Å²) >= 11 is 7.39. The van der Waals surface area contributed by atoms with Crippen molar-refractivity contribution in [3.63, 3.8) is 0 Å². The summed E-state index contributed by atoms with van der Waals surface area (Å²) in [6.07, 6.45) is 6.56. The van der Waals surface area contributed by atoms with Crippen LogP contribution in [0.15, 0.2) is 24.3 Å². The maximum Gasteiger partial charge on any atom is 0.225 e. The highest BCUT2D eigenvalue weighted by Gasteiger charge is 2.29. The van der Waals surface area contributed by atoms with Crippen LogP contribution in [0.25, 0.3) is 0 Å². The maximum absolute atomic E-state index is 12.7. The van der Waals surface area contributed by atoms with Crippen LogP contribution >= 0.6 is 23.1 Å². The van der Waals surface area contributed by atoms with Gasteiger partial charge in [-0.3, -0.25) is 4.79 Å². The molecule has 5 nitrogen and oxygen atoms in total. The van der Waals surface area contributed by atoms with Gasteiger partial charge in [0, 0.05) is 55.1 Å². The lowest BCUT2D eigenvalue weighted by Gasteiger charge is -2.36. The van der Waals surface area contributed by atoms with Crippen molar-refractivity contribution in [3.05, 3.63) is 40.7 Å². The topological polar surface area (TPSA) is 49.3 Å². The zero-order chi connectivity index (χ0) is 18.6. The van der Waals surface area contributed by atoms with E-state index in [2.05, 4.69) is 14.2 Å². The molecule has 4 rings (SSSR count). The number of rotatable bonds is 4. The fourth-order valence-corrected chi connectivity index (χ4v) is 4.82. The molecule has 7 heteroatoms. The summed E-state index contributed by atoms with van der Waals surface area (Å²) in [4.78, 5) is 21.7. The smallest absolute Gasteiger partial charge is 0.225 e. The maximum atomic E-state index is 12.7. The second-order valence-corrected chi connectivity index (χ2v) is 8.61. The molecule has 1 aliphatic heterocycles. The van der Waals surface area contributed by atoms with Crippen LogP contribution in [0.3, 0.4) is 0 Å². The third-order valence-electron chi connectivity index (χ3n) is 5.55. The number of carbonyl (C=O) groups excluding carboxylic acids is 1. The van der Waals surface area contributed by atoms with Crippen molar-refractivity contribution in [2.24, 2.45) is 5.92 Å². The number of halogens is 1. The van der Waals surface area contributed by atoms with E-state index in [1.165, 1.54) is 30.8 Å². The van der Waals surface area contributed by atoms with Gasteiger partial charge in [-0.15, -0.1) is 0 Å². The van der Waals surface area contributed by atoms with Crippen molar-refractivity contribution in [1.82, 2.24) is 14.3 Å². The summed E-state index contributed by atoms with van der Waals surface area (Å²) in [7, 11) is 0. The molecule has 2 heterocycles. The summed E-state index contributed by atoms with van der Waals surface area (Å²) in [5, 5.41) is 1.70. The molecular formula is C20H25ClN4OS. The zero-order valence-electron chi connectivity index (χ0n) is 15.4. The Morgan fingerprint density at radius 1 is 1.07 bits per heavy atom. The second kappa shape index (κ2) is 8.57. The van der Waals surface area contributed by atoms with Crippen molar-refractivity contribution >= 4 is 34.2 Å². The molecule has 0 bridgehead atoms. The van der Waals surface area contributed by atoms with Gasteiger partial charge >= 0.3 is 0 Å². The van der Waals surface area contributed by atoms with Crippen LogP contribution in [0.4, 0.5) is 5.13 Å². The van der Waals surface area contributed by atoms with E-state index in [4.69, 9.17) is 16.6 Å². The summed E-state index contributed by atoms with van der Waals surface area (Å²) in [5.74, 6) is 1.48. The summed E-state index contributed by atoms with van der Waals surface area (Å²) in [6, 6.07) is 7.82. The third-order valence-corrected chi connectivity index (χ3v) is 6.62. The van der Waals surface area contributed by atoms with Gasteiger partial charge in [-0.1, -0.05) is 43.0 Å². The first kappa shape index (κ1) is 18.7. The minimum atomic E-state index is 0.262. The van der Waals surface area contributed by atoms with Crippen LogP contribution in [-0.2, 0) is 11.2 Å². The summed E-state index contributed by atoms with van der Waals surface area (Å²) in [6.45, 7) is 3.27. The fraction of sp³-hybridized carbons (Fsp3) is 0.550. The monoisotopic (exact) mass is 404 g/mol. The second-order valence-electron chi connectivity index (χ2n) is 7.44. The number of benzene rings is 1. The van der Waals surface area contributed by atoms with Crippen LogP contribution in [0.2, 0.25) is 5.02 Å². The summed E-state index contributed by atoms with van der Waals surface area (Å²) < 4.78 is 4.51. The molecule has 0 N–H and O–H groups in total. The largest absolute Gasteiger partial charge is 0.343 e. The number of piperazine rings is 1. The predicted octanol–water partition coefficient (Wildman–Crippen LogP) is 4.01. The van der Waals surface area contributed by atoms with Crippen LogP contribution in [0.5, 0.6) is 0 Å². The number of amides is 1. The summed E-state index contributed by atoms with van der Waals surface area (Å²) in [5.41, 5.74) is 1.16. The lowest BCUT2D eigenvalue weighted by Crippen LogP contribution is -2.50. The van der Waals surface area contributed by atoms with E-state index in [0.29, 0.717) is 12.3 Å². The number of carbonyl (C=O) groups is 1. The minimum absolute atomic E-state index is 0.262. The Morgan fingerprint density at radius 2 is 1.78 bits per heavy atom. The lowest BCUT2D eigenvalue weighted by molar-refractivity contribution is -0.136. The van der Waals surface area contributed by atoms with E-state index in [-0.39, 0.29) is 5.92 Å². The molecule has 0 atom stereocenters. The minimum Gasteiger partial charge on any atom is -0.343 e. The van der Waals surface area contributed by atoms with E-state index in [1.807, 2.05) is 24.3 Å². The number of anilines is 1. The molecule has 144 valence electrons. The van der Waals surface area contributed by atoms with Crippen LogP contribution in [-0.4, -0.2) is 46.3 Å². The molecular weight excluding hydrogens is 380 g/mol. The zero-order valence-corrected chi connectivity index (χ0v) is 17.0. The molecule has 1 aliphatic carbocycles. The molecule has 2 aromatic rings.